The summed E-state index contributed by atoms with van der Waals surface area (Å²) in [6, 6.07) is 15.1. The summed E-state index contributed by atoms with van der Waals surface area (Å²) in [5, 5.41) is 0. The molecule has 0 aromatic heterocycles. The quantitative estimate of drug-likeness (QED) is 0.764. The predicted molar refractivity (Wildman–Crippen MR) is 124 cm³/mol. The summed E-state index contributed by atoms with van der Waals surface area (Å²) in [6.45, 7) is 11.2. The number of fused-ring (bicyclic) bond motifs is 2. The smallest absolute Gasteiger partial charge is 0.259 e. The van der Waals surface area contributed by atoms with E-state index in [-0.39, 0.29) is 5.91 Å². The van der Waals surface area contributed by atoms with Crippen LogP contribution in [0.5, 0.6) is 0 Å². The standard InChI is InChI=1S/C26H30N4O/c1-18-4-7-21(8-5-18)16-30-25(31)23-17-28(15-22-9-6-19(2)20(3)14-22)12-10-24(23)29-13-11-27-26(29)30/h4-9,14H,10-13,15-17H2,1-3H3. The van der Waals surface area contributed by atoms with Crippen LogP contribution in [0.25, 0.3) is 0 Å². The van der Waals surface area contributed by atoms with E-state index in [1.54, 1.807) is 0 Å². The third-order valence-electron chi connectivity index (χ3n) is 6.72. The highest BCUT2D eigenvalue weighted by Gasteiger charge is 2.40. The molecule has 0 atom stereocenters. The van der Waals surface area contributed by atoms with Gasteiger partial charge in [0.25, 0.3) is 5.91 Å². The molecular weight excluding hydrogens is 384 g/mol. The van der Waals surface area contributed by atoms with E-state index in [1.165, 1.54) is 28.0 Å². The predicted octanol–water partition coefficient (Wildman–Crippen LogP) is 3.79. The lowest BCUT2D eigenvalue weighted by Crippen LogP contribution is -2.53. The van der Waals surface area contributed by atoms with Crippen LogP contribution in [0.3, 0.4) is 0 Å². The molecule has 3 heterocycles. The molecule has 5 heteroatoms. The van der Waals surface area contributed by atoms with Crippen LogP contribution in [0.1, 0.15) is 34.2 Å². The summed E-state index contributed by atoms with van der Waals surface area (Å²) in [4.78, 5) is 24.9. The molecule has 0 fully saturated rings. The van der Waals surface area contributed by atoms with Gasteiger partial charge in [-0.25, -0.2) is 0 Å². The fraction of sp³-hybridized carbons (Fsp3) is 0.385. The van der Waals surface area contributed by atoms with Crippen molar-refractivity contribution >= 4 is 11.9 Å². The van der Waals surface area contributed by atoms with Gasteiger partial charge < -0.3 is 4.90 Å². The van der Waals surface area contributed by atoms with Crippen molar-refractivity contribution in [1.29, 1.82) is 0 Å². The number of amides is 1. The van der Waals surface area contributed by atoms with Gasteiger partial charge in [-0.15, -0.1) is 0 Å². The Bertz CT molecular complexity index is 1080. The average Bonchev–Trinajstić information content (AvgIpc) is 3.25. The van der Waals surface area contributed by atoms with E-state index in [9.17, 15) is 4.79 Å². The van der Waals surface area contributed by atoms with Gasteiger partial charge in [0.15, 0.2) is 0 Å². The SMILES string of the molecule is Cc1ccc(CN2C(=O)C3=C(CCN(Cc4ccc(C)c(C)c4)C3)N3CCN=C23)cc1. The molecule has 3 aliphatic rings. The Kier molecular flexibility index (Phi) is 5.14. The lowest BCUT2D eigenvalue weighted by Gasteiger charge is -2.42. The number of rotatable bonds is 4. The Morgan fingerprint density at radius 2 is 1.68 bits per heavy atom. The van der Waals surface area contributed by atoms with Gasteiger partial charge >= 0.3 is 0 Å². The molecular formula is C26H30N4O. The summed E-state index contributed by atoms with van der Waals surface area (Å²) in [7, 11) is 0. The van der Waals surface area contributed by atoms with Crippen molar-refractivity contribution in [3.8, 4) is 0 Å². The highest BCUT2D eigenvalue weighted by Crippen LogP contribution is 2.32. The van der Waals surface area contributed by atoms with Crippen LogP contribution in [0, 0.1) is 20.8 Å². The summed E-state index contributed by atoms with van der Waals surface area (Å²) >= 11 is 0. The Balaban J connectivity index is 1.39. The monoisotopic (exact) mass is 414 g/mol. The first-order valence-corrected chi connectivity index (χ1v) is 11.2. The summed E-state index contributed by atoms with van der Waals surface area (Å²) in [5.41, 5.74) is 8.47. The molecule has 0 aliphatic carbocycles. The Morgan fingerprint density at radius 3 is 2.45 bits per heavy atom. The summed E-state index contributed by atoms with van der Waals surface area (Å²) in [6.07, 6.45) is 0.906. The van der Waals surface area contributed by atoms with Crippen LogP contribution < -0.4 is 0 Å². The lowest BCUT2D eigenvalue weighted by molar-refractivity contribution is -0.125. The molecule has 3 aliphatic heterocycles. The van der Waals surface area contributed by atoms with E-state index in [4.69, 9.17) is 4.99 Å². The van der Waals surface area contributed by atoms with Crippen LogP contribution in [0.2, 0.25) is 0 Å². The number of carbonyl (C=O) groups is 1. The second-order valence-corrected chi connectivity index (χ2v) is 9.01. The Labute approximate surface area is 184 Å². The fourth-order valence-electron chi connectivity index (χ4n) is 4.79. The normalized spacial score (nSPS) is 18.9. The highest BCUT2D eigenvalue weighted by molar-refractivity contribution is 6.09. The molecule has 0 N–H and O–H groups in total. The van der Waals surface area contributed by atoms with E-state index in [0.717, 1.165) is 49.7 Å². The molecule has 5 rings (SSSR count). The average molecular weight is 415 g/mol. The van der Waals surface area contributed by atoms with Crippen LogP contribution in [-0.2, 0) is 17.9 Å². The highest BCUT2D eigenvalue weighted by atomic mass is 16.2. The van der Waals surface area contributed by atoms with Crippen molar-refractivity contribution in [2.75, 3.05) is 26.2 Å². The van der Waals surface area contributed by atoms with Crippen LogP contribution in [0.15, 0.2) is 58.7 Å². The first kappa shape index (κ1) is 20.0. The number of carbonyl (C=O) groups excluding carboxylic acids is 1. The van der Waals surface area contributed by atoms with E-state index in [2.05, 4.69) is 73.0 Å². The van der Waals surface area contributed by atoms with Gasteiger partial charge in [-0.05, 0) is 43.0 Å². The molecule has 160 valence electrons. The van der Waals surface area contributed by atoms with E-state index < -0.39 is 0 Å². The Hall–Kier alpha value is -2.92. The molecule has 0 bridgehead atoms. The van der Waals surface area contributed by atoms with Crippen molar-refractivity contribution in [3.05, 3.63) is 81.6 Å². The second-order valence-electron chi connectivity index (χ2n) is 9.01. The number of hydrogen-bond donors (Lipinski definition) is 0. The van der Waals surface area contributed by atoms with Crippen molar-refractivity contribution in [2.45, 2.75) is 40.3 Å². The Morgan fingerprint density at radius 1 is 0.903 bits per heavy atom. The van der Waals surface area contributed by atoms with Crippen LogP contribution in [-0.4, -0.2) is 52.7 Å². The second kappa shape index (κ2) is 7.97. The minimum atomic E-state index is 0.122. The number of benzene rings is 2. The third kappa shape index (κ3) is 3.79. The molecule has 5 nitrogen and oxygen atoms in total. The van der Waals surface area contributed by atoms with Crippen molar-refractivity contribution in [2.24, 2.45) is 4.99 Å². The molecule has 0 saturated carbocycles. The number of guanidine groups is 1. The number of hydrogen-bond acceptors (Lipinski definition) is 4. The molecule has 0 spiro atoms. The van der Waals surface area contributed by atoms with Gasteiger partial charge in [-0.3, -0.25) is 19.6 Å². The number of aryl methyl sites for hydroxylation is 3. The topological polar surface area (TPSA) is 39.2 Å². The molecule has 0 unspecified atom stereocenters. The van der Waals surface area contributed by atoms with E-state index >= 15 is 0 Å². The van der Waals surface area contributed by atoms with Crippen LogP contribution >= 0.6 is 0 Å². The summed E-state index contributed by atoms with van der Waals surface area (Å²) in [5.74, 6) is 0.962. The fourth-order valence-corrected chi connectivity index (χ4v) is 4.79. The van der Waals surface area contributed by atoms with Gasteiger partial charge in [-0.1, -0.05) is 48.0 Å². The first-order chi connectivity index (χ1) is 15.0. The van der Waals surface area contributed by atoms with Gasteiger partial charge in [0.1, 0.15) is 0 Å². The maximum Gasteiger partial charge on any atom is 0.259 e. The molecule has 0 saturated heterocycles. The zero-order chi connectivity index (χ0) is 21.5. The van der Waals surface area contributed by atoms with Gasteiger partial charge in [0.2, 0.25) is 5.96 Å². The van der Waals surface area contributed by atoms with Crippen molar-refractivity contribution in [1.82, 2.24) is 14.7 Å². The molecule has 2 aromatic carbocycles. The van der Waals surface area contributed by atoms with Gasteiger partial charge in [0.05, 0.1) is 18.7 Å². The largest absolute Gasteiger partial charge is 0.314 e. The number of aliphatic imine (C=N–C) groups is 1. The molecule has 31 heavy (non-hydrogen) atoms. The maximum atomic E-state index is 13.6. The zero-order valence-corrected chi connectivity index (χ0v) is 18.7. The first-order valence-electron chi connectivity index (χ1n) is 11.2. The van der Waals surface area contributed by atoms with Gasteiger partial charge in [-0.2, -0.15) is 0 Å². The molecule has 1 amide bonds. The lowest BCUT2D eigenvalue weighted by atomic mass is 9.99. The zero-order valence-electron chi connectivity index (χ0n) is 18.7. The third-order valence-corrected chi connectivity index (χ3v) is 6.72. The van der Waals surface area contributed by atoms with E-state index in [1.807, 2.05) is 4.90 Å². The minimum absolute atomic E-state index is 0.122. The molecule has 0 radical (unpaired) electrons. The number of nitrogens with zero attached hydrogens (tertiary/aromatic N) is 4. The molecule has 2 aromatic rings. The van der Waals surface area contributed by atoms with Crippen LogP contribution in [0.4, 0.5) is 0 Å². The maximum absolute atomic E-state index is 13.6. The van der Waals surface area contributed by atoms with Crippen molar-refractivity contribution in [3.63, 3.8) is 0 Å². The summed E-state index contributed by atoms with van der Waals surface area (Å²) < 4.78 is 0. The minimum Gasteiger partial charge on any atom is -0.314 e. The van der Waals surface area contributed by atoms with Gasteiger partial charge in [0, 0.05) is 38.3 Å². The van der Waals surface area contributed by atoms with E-state index in [0.29, 0.717) is 13.1 Å². The van der Waals surface area contributed by atoms with Crippen molar-refractivity contribution < 1.29 is 4.79 Å².